The van der Waals surface area contributed by atoms with E-state index < -0.39 is 0 Å². The predicted octanol–water partition coefficient (Wildman–Crippen LogP) is 4.47. The number of nitrogens with one attached hydrogen (secondary N) is 1. The molecule has 0 amide bonds. The molecule has 2 unspecified atom stereocenters. The van der Waals surface area contributed by atoms with Crippen LogP contribution in [-0.2, 0) is 0 Å². The highest BCUT2D eigenvalue weighted by Crippen LogP contribution is 2.35. The Balaban J connectivity index is 1.66. The smallest absolute Gasteiger partial charge is 0.163 e. The van der Waals surface area contributed by atoms with E-state index in [1.165, 1.54) is 25.7 Å². The Morgan fingerprint density at radius 3 is 2.67 bits per heavy atom. The topological polar surface area (TPSA) is 30.5 Å². The molecular weight excluding hydrogens is 262 g/mol. The molecule has 0 aromatic heterocycles. The van der Waals surface area contributed by atoms with Gasteiger partial charge in [0.05, 0.1) is 13.2 Å². The third-order valence-corrected chi connectivity index (χ3v) is 4.78. The molecule has 2 atom stereocenters. The predicted molar refractivity (Wildman–Crippen MR) is 86.3 cm³/mol. The van der Waals surface area contributed by atoms with E-state index in [-0.39, 0.29) is 0 Å². The number of fused-ring (bicyclic) bond motifs is 1. The van der Waals surface area contributed by atoms with Crippen LogP contribution in [0, 0.1) is 11.8 Å². The third-order valence-electron chi connectivity index (χ3n) is 4.78. The average molecular weight is 289 g/mol. The summed E-state index contributed by atoms with van der Waals surface area (Å²) in [5.74, 6) is 3.41. The highest BCUT2D eigenvalue weighted by Gasteiger charge is 2.24. The summed E-state index contributed by atoms with van der Waals surface area (Å²) in [6.07, 6.45) is 6.24. The molecular formula is C18H27NO2. The molecule has 1 aliphatic heterocycles. The maximum atomic E-state index is 5.77. The van der Waals surface area contributed by atoms with Gasteiger partial charge in [0.2, 0.25) is 0 Å². The minimum atomic E-state index is 0.593. The lowest BCUT2D eigenvalue weighted by atomic mass is 9.79. The van der Waals surface area contributed by atoms with Crippen molar-refractivity contribution >= 4 is 5.69 Å². The fourth-order valence-corrected chi connectivity index (χ4v) is 3.45. The van der Waals surface area contributed by atoms with Gasteiger partial charge >= 0.3 is 0 Å². The minimum absolute atomic E-state index is 0.593. The van der Waals surface area contributed by atoms with Crippen LogP contribution in [-0.4, -0.2) is 19.3 Å². The summed E-state index contributed by atoms with van der Waals surface area (Å²) in [7, 11) is 0. The Morgan fingerprint density at radius 2 is 1.86 bits per heavy atom. The van der Waals surface area contributed by atoms with Crippen molar-refractivity contribution < 1.29 is 9.47 Å². The van der Waals surface area contributed by atoms with Crippen molar-refractivity contribution in [3.63, 3.8) is 0 Å². The summed E-state index contributed by atoms with van der Waals surface area (Å²) < 4.78 is 11.5. The number of rotatable bonds is 3. The van der Waals surface area contributed by atoms with Crippen molar-refractivity contribution in [3.8, 4) is 11.5 Å². The molecule has 0 bridgehead atoms. The molecule has 3 heteroatoms. The quantitative estimate of drug-likeness (QED) is 0.890. The summed E-state index contributed by atoms with van der Waals surface area (Å²) in [4.78, 5) is 0. The molecule has 3 nitrogen and oxygen atoms in total. The Kier molecular flexibility index (Phi) is 4.57. The molecule has 1 aromatic carbocycles. The van der Waals surface area contributed by atoms with Gasteiger partial charge in [-0.2, -0.15) is 0 Å². The number of ether oxygens (including phenoxy) is 2. The van der Waals surface area contributed by atoms with Gasteiger partial charge in [-0.3, -0.25) is 0 Å². The van der Waals surface area contributed by atoms with E-state index >= 15 is 0 Å². The normalized spacial score (nSPS) is 25.5. The molecule has 0 saturated heterocycles. The van der Waals surface area contributed by atoms with E-state index in [0.29, 0.717) is 6.04 Å². The molecule has 116 valence electrons. The minimum Gasteiger partial charge on any atom is -0.490 e. The van der Waals surface area contributed by atoms with Gasteiger partial charge < -0.3 is 14.8 Å². The molecule has 1 heterocycles. The first-order valence-electron chi connectivity index (χ1n) is 8.38. The van der Waals surface area contributed by atoms with Crippen LogP contribution < -0.4 is 14.8 Å². The summed E-state index contributed by atoms with van der Waals surface area (Å²) in [5.41, 5.74) is 1.16. The molecule has 0 radical (unpaired) electrons. The number of benzene rings is 1. The fraction of sp³-hybridized carbons (Fsp3) is 0.667. The van der Waals surface area contributed by atoms with Crippen LogP contribution in [0.4, 0.5) is 5.69 Å². The molecule has 1 aromatic rings. The number of anilines is 1. The van der Waals surface area contributed by atoms with Gasteiger partial charge in [-0.1, -0.05) is 26.7 Å². The van der Waals surface area contributed by atoms with Gasteiger partial charge in [0, 0.05) is 24.2 Å². The van der Waals surface area contributed by atoms with Crippen LogP contribution in [0.1, 0.15) is 46.0 Å². The van der Waals surface area contributed by atoms with Crippen molar-refractivity contribution in [2.24, 2.45) is 11.8 Å². The van der Waals surface area contributed by atoms with Crippen molar-refractivity contribution in [3.05, 3.63) is 18.2 Å². The zero-order chi connectivity index (χ0) is 14.7. The van der Waals surface area contributed by atoms with Crippen LogP contribution >= 0.6 is 0 Å². The second-order valence-corrected chi connectivity index (χ2v) is 6.72. The Bertz CT molecular complexity index is 472. The number of hydrogen-bond acceptors (Lipinski definition) is 3. The highest BCUT2D eigenvalue weighted by molar-refractivity contribution is 5.55. The van der Waals surface area contributed by atoms with E-state index in [0.717, 1.165) is 48.7 Å². The number of hydrogen-bond donors (Lipinski definition) is 1. The molecule has 1 saturated carbocycles. The molecule has 0 spiro atoms. The van der Waals surface area contributed by atoms with Crippen molar-refractivity contribution in [2.75, 3.05) is 18.5 Å². The second-order valence-electron chi connectivity index (χ2n) is 6.72. The second kappa shape index (κ2) is 6.59. The van der Waals surface area contributed by atoms with Crippen molar-refractivity contribution in [2.45, 2.75) is 52.0 Å². The molecule has 1 aliphatic carbocycles. The fourth-order valence-electron chi connectivity index (χ4n) is 3.45. The van der Waals surface area contributed by atoms with Crippen LogP contribution in [0.5, 0.6) is 11.5 Å². The Morgan fingerprint density at radius 1 is 1.05 bits per heavy atom. The van der Waals surface area contributed by atoms with Gasteiger partial charge in [0.25, 0.3) is 0 Å². The largest absolute Gasteiger partial charge is 0.490 e. The zero-order valence-corrected chi connectivity index (χ0v) is 13.2. The van der Waals surface area contributed by atoms with Gasteiger partial charge in [-0.15, -0.1) is 0 Å². The van der Waals surface area contributed by atoms with E-state index in [4.69, 9.17) is 9.47 Å². The average Bonchev–Trinajstić information content (AvgIpc) is 2.72. The summed E-state index contributed by atoms with van der Waals surface area (Å²) >= 11 is 0. The maximum absolute atomic E-state index is 5.77. The van der Waals surface area contributed by atoms with Crippen LogP contribution in [0.3, 0.4) is 0 Å². The van der Waals surface area contributed by atoms with Gasteiger partial charge in [-0.25, -0.2) is 0 Å². The van der Waals surface area contributed by atoms with Crippen molar-refractivity contribution in [1.29, 1.82) is 0 Å². The van der Waals surface area contributed by atoms with E-state index in [9.17, 15) is 0 Å². The molecule has 21 heavy (non-hydrogen) atoms. The van der Waals surface area contributed by atoms with Gasteiger partial charge in [0.1, 0.15) is 0 Å². The van der Waals surface area contributed by atoms with Gasteiger partial charge in [-0.05, 0) is 36.8 Å². The SMILES string of the molecule is CC(C)C1CCCC(Nc2ccc3c(c2)OCCCO3)C1. The first-order valence-corrected chi connectivity index (χ1v) is 8.38. The Hall–Kier alpha value is -1.38. The summed E-state index contributed by atoms with van der Waals surface area (Å²) in [6, 6.07) is 6.84. The summed E-state index contributed by atoms with van der Waals surface area (Å²) in [6.45, 7) is 6.19. The maximum Gasteiger partial charge on any atom is 0.163 e. The third kappa shape index (κ3) is 3.63. The molecule has 1 fully saturated rings. The van der Waals surface area contributed by atoms with Crippen LogP contribution in [0.15, 0.2) is 18.2 Å². The monoisotopic (exact) mass is 289 g/mol. The summed E-state index contributed by atoms with van der Waals surface area (Å²) in [5, 5.41) is 3.70. The molecule has 2 aliphatic rings. The first kappa shape index (κ1) is 14.6. The van der Waals surface area contributed by atoms with E-state index in [1.54, 1.807) is 0 Å². The standard InChI is InChI=1S/C18H27NO2/c1-13(2)14-5-3-6-15(11-14)19-16-7-8-17-18(12-16)21-10-4-9-20-17/h7-8,12-15,19H,3-6,9-11H2,1-2H3. The zero-order valence-electron chi connectivity index (χ0n) is 13.2. The van der Waals surface area contributed by atoms with Crippen LogP contribution in [0.25, 0.3) is 0 Å². The van der Waals surface area contributed by atoms with Crippen LogP contribution in [0.2, 0.25) is 0 Å². The lowest BCUT2D eigenvalue weighted by Crippen LogP contribution is -2.29. The first-order chi connectivity index (χ1) is 10.2. The highest BCUT2D eigenvalue weighted by atomic mass is 16.5. The van der Waals surface area contributed by atoms with Crippen molar-refractivity contribution in [1.82, 2.24) is 0 Å². The van der Waals surface area contributed by atoms with E-state index in [2.05, 4.69) is 31.3 Å². The molecule has 3 rings (SSSR count). The molecule has 1 N–H and O–H groups in total. The lowest BCUT2D eigenvalue weighted by molar-refractivity contribution is 0.264. The van der Waals surface area contributed by atoms with E-state index in [1.807, 2.05) is 6.07 Å². The lowest BCUT2D eigenvalue weighted by Gasteiger charge is -2.32. The Labute approximate surface area is 128 Å². The van der Waals surface area contributed by atoms with Gasteiger partial charge in [0.15, 0.2) is 11.5 Å².